The minimum Gasteiger partial charge on any atom is -0.446 e. The lowest BCUT2D eigenvalue weighted by Crippen LogP contribution is -2.16. The zero-order chi connectivity index (χ0) is 24.7. The van der Waals surface area contributed by atoms with Crippen molar-refractivity contribution in [3.05, 3.63) is 65.5 Å². The van der Waals surface area contributed by atoms with Gasteiger partial charge in [-0.1, -0.05) is 12.1 Å². The number of rotatable bonds is 6. The third kappa shape index (κ3) is 4.98. The Bertz CT molecular complexity index is 1330. The van der Waals surface area contributed by atoms with Crippen LogP contribution in [0.4, 0.5) is 19.0 Å². The van der Waals surface area contributed by atoms with E-state index in [1.807, 2.05) is 0 Å². The summed E-state index contributed by atoms with van der Waals surface area (Å²) < 4.78 is 50.0. The first-order chi connectivity index (χ1) is 15.9. The molecule has 1 amide bonds. The molecule has 0 radical (unpaired) electrons. The van der Waals surface area contributed by atoms with E-state index in [9.17, 15) is 23.1 Å². The summed E-state index contributed by atoms with van der Waals surface area (Å²) in [6, 6.07) is 4.41. The van der Waals surface area contributed by atoms with Crippen LogP contribution in [0.2, 0.25) is 0 Å². The third-order valence-electron chi connectivity index (χ3n) is 4.63. The number of aromatic nitrogens is 5. The number of nitrogens with one attached hydrogen (secondary N) is 1. The van der Waals surface area contributed by atoms with Gasteiger partial charge in [0.2, 0.25) is 5.89 Å². The molecule has 0 spiro atoms. The topological polar surface area (TPSA) is 132 Å². The highest BCUT2D eigenvalue weighted by atomic mass is 19.4. The number of hydrogen-bond donors (Lipinski definition) is 2. The molecule has 2 N–H and O–H groups in total. The number of oxazole rings is 2. The second-order valence-electron chi connectivity index (χ2n) is 7.89. The van der Waals surface area contributed by atoms with Crippen LogP contribution in [0.3, 0.4) is 0 Å². The molecule has 178 valence electrons. The molecule has 0 atom stereocenters. The third-order valence-corrected chi connectivity index (χ3v) is 4.63. The van der Waals surface area contributed by atoms with Crippen LogP contribution in [0, 0.1) is 6.92 Å². The zero-order valence-electron chi connectivity index (χ0n) is 18.2. The summed E-state index contributed by atoms with van der Waals surface area (Å²) in [5.74, 6) is -0.434. The van der Waals surface area contributed by atoms with Crippen LogP contribution in [0.25, 0.3) is 11.3 Å². The summed E-state index contributed by atoms with van der Waals surface area (Å²) in [4.78, 5) is 22.2. The Hall–Kier alpha value is -4.00. The summed E-state index contributed by atoms with van der Waals surface area (Å²) >= 11 is 0. The molecule has 13 heteroatoms. The molecule has 34 heavy (non-hydrogen) atoms. The van der Waals surface area contributed by atoms with Gasteiger partial charge in [0.05, 0.1) is 11.8 Å². The monoisotopic (exact) mass is 476 g/mol. The molecule has 0 bridgehead atoms. The highest BCUT2D eigenvalue weighted by Crippen LogP contribution is 2.33. The van der Waals surface area contributed by atoms with E-state index in [1.165, 1.54) is 36.3 Å². The number of carbonyl (C=O) groups is 1. The first-order valence-corrected chi connectivity index (χ1v) is 9.94. The summed E-state index contributed by atoms with van der Waals surface area (Å²) in [6.45, 7) is 4.63. The number of amides is 1. The van der Waals surface area contributed by atoms with Gasteiger partial charge in [0.1, 0.15) is 24.1 Å². The Labute approximate surface area is 190 Å². The van der Waals surface area contributed by atoms with Gasteiger partial charge in [-0.15, -0.1) is 5.10 Å². The van der Waals surface area contributed by atoms with Crippen LogP contribution in [0.5, 0.6) is 0 Å². The number of benzene rings is 1. The van der Waals surface area contributed by atoms with Gasteiger partial charge in [0.25, 0.3) is 5.91 Å². The van der Waals surface area contributed by atoms with Crippen molar-refractivity contribution in [3.63, 3.8) is 0 Å². The van der Waals surface area contributed by atoms with Crippen molar-refractivity contribution in [1.29, 1.82) is 0 Å². The van der Waals surface area contributed by atoms with Gasteiger partial charge >= 0.3 is 6.18 Å². The minimum atomic E-state index is -4.55. The standard InChI is InChI=1S/C21H19F3N6O4/c1-11-26-17(18(34-11)12-5-4-6-13(7-12)21(22,23)24)19(31)28-15-8-25-30(29-15)9-16-27-14(10-33-16)20(2,3)32/h4-8,10,32H,9H2,1-3H3,(H,28,29,31). The second-order valence-corrected chi connectivity index (χ2v) is 7.89. The number of aryl methyl sites for hydroxylation is 1. The van der Waals surface area contributed by atoms with Crippen LogP contribution in [0.1, 0.15) is 47.4 Å². The number of anilines is 1. The van der Waals surface area contributed by atoms with Gasteiger partial charge in [-0.05, 0) is 26.0 Å². The molecule has 4 aromatic rings. The van der Waals surface area contributed by atoms with E-state index in [1.54, 1.807) is 13.8 Å². The summed E-state index contributed by atoms with van der Waals surface area (Å²) in [6.07, 6.45) is -1.96. The van der Waals surface area contributed by atoms with Gasteiger partial charge in [-0.25, -0.2) is 9.97 Å². The number of alkyl halides is 3. The molecule has 3 heterocycles. The predicted molar refractivity (Wildman–Crippen MR) is 111 cm³/mol. The fourth-order valence-electron chi connectivity index (χ4n) is 3.01. The summed E-state index contributed by atoms with van der Waals surface area (Å²) in [5, 5.41) is 20.6. The van der Waals surface area contributed by atoms with Crippen molar-refractivity contribution in [2.75, 3.05) is 5.32 Å². The average Bonchev–Trinajstić information content (AvgIpc) is 3.48. The Morgan fingerprint density at radius 3 is 2.68 bits per heavy atom. The van der Waals surface area contributed by atoms with Gasteiger partial charge < -0.3 is 19.3 Å². The smallest absolute Gasteiger partial charge is 0.416 e. The fraction of sp³-hybridized carbons (Fsp3) is 0.286. The second kappa shape index (κ2) is 8.41. The number of hydrogen-bond acceptors (Lipinski definition) is 8. The number of aliphatic hydroxyl groups is 1. The SMILES string of the molecule is Cc1nc(C(=O)Nc2cnn(Cc3nc(C(C)(C)O)co3)n2)c(-c2cccc(C(F)(F)F)c2)o1. The lowest BCUT2D eigenvalue weighted by atomic mass is 10.1. The van der Waals surface area contributed by atoms with Crippen molar-refractivity contribution in [1.82, 2.24) is 25.0 Å². The zero-order valence-corrected chi connectivity index (χ0v) is 18.2. The quantitative estimate of drug-likeness (QED) is 0.430. The molecule has 0 aliphatic carbocycles. The van der Waals surface area contributed by atoms with E-state index in [-0.39, 0.29) is 41.2 Å². The van der Waals surface area contributed by atoms with E-state index < -0.39 is 23.2 Å². The molecule has 0 saturated carbocycles. The maximum Gasteiger partial charge on any atom is 0.416 e. The maximum absolute atomic E-state index is 13.1. The molecule has 0 aliphatic rings. The number of halogens is 3. The molecule has 4 rings (SSSR count). The molecule has 0 fully saturated rings. The molecule has 0 unspecified atom stereocenters. The summed E-state index contributed by atoms with van der Waals surface area (Å²) in [7, 11) is 0. The highest BCUT2D eigenvalue weighted by molar-refractivity contribution is 6.05. The van der Waals surface area contributed by atoms with Crippen molar-refractivity contribution in [2.45, 2.75) is 39.1 Å². The van der Waals surface area contributed by atoms with E-state index in [0.717, 1.165) is 12.1 Å². The van der Waals surface area contributed by atoms with Crippen molar-refractivity contribution in [2.24, 2.45) is 0 Å². The normalized spacial score (nSPS) is 12.2. The fourth-order valence-corrected chi connectivity index (χ4v) is 3.01. The molecule has 0 aliphatic heterocycles. The van der Waals surface area contributed by atoms with Crippen LogP contribution in [0.15, 0.2) is 45.6 Å². The van der Waals surface area contributed by atoms with Crippen LogP contribution < -0.4 is 5.32 Å². The van der Waals surface area contributed by atoms with E-state index in [4.69, 9.17) is 8.83 Å². The highest BCUT2D eigenvalue weighted by Gasteiger charge is 2.31. The van der Waals surface area contributed by atoms with Crippen LogP contribution in [-0.2, 0) is 18.3 Å². The van der Waals surface area contributed by atoms with Crippen molar-refractivity contribution in [3.8, 4) is 11.3 Å². The van der Waals surface area contributed by atoms with Crippen molar-refractivity contribution >= 4 is 11.7 Å². The lowest BCUT2D eigenvalue weighted by Gasteiger charge is -2.11. The molecule has 0 saturated heterocycles. The Kier molecular flexibility index (Phi) is 5.73. The first kappa shape index (κ1) is 23.2. The largest absolute Gasteiger partial charge is 0.446 e. The minimum absolute atomic E-state index is 0.0322. The first-order valence-electron chi connectivity index (χ1n) is 9.94. The van der Waals surface area contributed by atoms with Crippen LogP contribution >= 0.6 is 0 Å². The van der Waals surface area contributed by atoms with Crippen molar-refractivity contribution < 1.29 is 31.9 Å². The molecule has 10 nitrogen and oxygen atoms in total. The number of carbonyl (C=O) groups excluding carboxylic acids is 1. The number of nitrogens with zero attached hydrogens (tertiary/aromatic N) is 5. The Balaban J connectivity index is 1.52. The Morgan fingerprint density at radius 2 is 2.00 bits per heavy atom. The average molecular weight is 476 g/mol. The van der Waals surface area contributed by atoms with E-state index in [0.29, 0.717) is 5.69 Å². The molecular weight excluding hydrogens is 457 g/mol. The lowest BCUT2D eigenvalue weighted by molar-refractivity contribution is -0.137. The summed E-state index contributed by atoms with van der Waals surface area (Å²) in [5.41, 5.74) is -1.87. The Morgan fingerprint density at radius 1 is 1.24 bits per heavy atom. The van der Waals surface area contributed by atoms with Crippen LogP contribution in [-0.4, -0.2) is 36.0 Å². The molecule has 3 aromatic heterocycles. The molecule has 1 aromatic carbocycles. The van der Waals surface area contributed by atoms with Gasteiger partial charge in [-0.2, -0.15) is 23.1 Å². The maximum atomic E-state index is 13.1. The van der Waals surface area contributed by atoms with E-state index in [2.05, 4.69) is 25.5 Å². The van der Waals surface area contributed by atoms with Gasteiger partial charge in [0.15, 0.2) is 23.2 Å². The molecular formula is C21H19F3N6O4. The predicted octanol–water partition coefficient (Wildman–Crippen LogP) is 3.78. The van der Waals surface area contributed by atoms with Gasteiger partial charge in [-0.3, -0.25) is 4.79 Å². The van der Waals surface area contributed by atoms with Gasteiger partial charge in [0, 0.05) is 12.5 Å². The van der Waals surface area contributed by atoms with E-state index >= 15 is 0 Å².